The Morgan fingerprint density at radius 2 is 1.38 bits per heavy atom. The van der Waals surface area contributed by atoms with Gasteiger partial charge in [-0.05, 0) is 27.7 Å². The number of hydrogen-bond donors (Lipinski definition) is 1. The summed E-state index contributed by atoms with van der Waals surface area (Å²) in [7, 11) is -0.269. The molecule has 1 heterocycles. The van der Waals surface area contributed by atoms with E-state index in [1.54, 1.807) is 0 Å². The van der Waals surface area contributed by atoms with E-state index < -0.39 is 0 Å². The highest BCUT2D eigenvalue weighted by Crippen LogP contribution is 2.36. The second kappa shape index (κ2) is 3.77. The third kappa shape index (κ3) is 2.37. The zero-order chi connectivity index (χ0) is 9.57. The first-order chi connectivity index (χ1) is 5.26. The summed E-state index contributed by atoms with van der Waals surface area (Å²) in [5, 5.41) is 0. The molecule has 0 aliphatic carbocycles. The molecule has 0 aromatic rings. The largest absolute Gasteiger partial charge is 0.475 e. The summed E-state index contributed by atoms with van der Waals surface area (Å²) in [6.45, 7) is 9.98. The standard InChI is InChI=1S/C8H18BNO2.ClH/c1-6(10)9-11-7(2,3)8(4,5)12-9;/h6H,10H2,1-5H3;1H/t6-;/m0./s1. The first-order valence-corrected chi connectivity index (χ1v) is 4.37. The van der Waals surface area contributed by atoms with Gasteiger partial charge in [-0.2, -0.15) is 0 Å². The van der Waals surface area contributed by atoms with Crippen LogP contribution in [-0.2, 0) is 9.31 Å². The fraction of sp³-hybridized carbons (Fsp3) is 1.00. The third-order valence-corrected chi connectivity index (χ3v) is 2.70. The second-order valence-corrected chi connectivity index (χ2v) is 4.48. The summed E-state index contributed by atoms with van der Waals surface area (Å²) < 4.78 is 11.4. The molecule has 0 bridgehead atoms. The van der Waals surface area contributed by atoms with Gasteiger partial charge in [0.2, 0.25) is 0 Å². The molecule has 0 saturated carbocycles. The molecule has 0 radical (unpaired) electrons. The van der Waals surface area contributed by atoms with Crippen molar-refractivity contribution in [1.82, 2.24) is 0 Å². The summed E-state index contributed by atoms with van der Waals surface area (Å²) in [4.78, 5) is 0. The van der Waals surface area contributed by atoms with E-state index in [4.69, 9.17) is 15.0 Å². The maximum Gasteiger partial charge on any atom is 0.475 e. The minimum Gasteiger partial charge on any atom is -0.402 e. The molecular formula is C8H19BClNO2. The van der Waals surface area contributed by atoms with E-state index in [0.29, 0.717) is 0 Å². The maximum atomic E-state index is 5.69. The molecule has 3 nitrogen and oxygen atoms in total. The lowest BCUT2D eigenvalue weighted by atomic mass is 9.81. The third-order valence-electron chi connectivity index (χ3n) is 2.70. The molecule has 1 aliphatic heterocycles. The van der Waals surface area contributed by atoms with Crippen LogP contribution in [0.3, 0.4) is 0 Å². The molecule has 0 aromatic carbocycles. The van der Waals surface area contributed by atoms with Crippen LogP contribution in [0.4, 0.5) is 0 Å². The Morgan fingerprint density at radius 1 is 1.08 bits per heavy atom. The number of nitrogens with two attached hydrogens (primary N) is 1. The molecule has 5 heteroatoms. The summed E-state index contributed by atoms with van der Waals surface area (Å²) in [5.41, 5.74) is 5.17. The zero-order valence-corrected chi connectivity index (χ0v) is 9.77. The Hall–Kier alpha value is 0.235. The van der Waals surface area contributed by atoms with Gasteiger partial charge >= 0.3 is 7.12 Å². The normalized spacial score (nSPS) is 26.8. The van der Waals surface area contributed by atoms with Crippen LogP contribution in [0, 0.1) is 0 Å². The second-order valence-electron chi connectivity index (χ2n) is 4.48. The highest BCUT2D eigenvalue weighted by molar-refractivity contribution is 6.47. The van der Waals surface area contributed by atoms with Gasteiger partial charge in [0.25, 0.3) is 0 Å². The van der Waals surface area contributed by atoms with E-state index >= 15 is 0 Å². The lowest BCUT2D eigenvalue weighted by molar-refractivity contribution is 0.00578. The molecule has 0 aromatic heterocycles. The van der Waals surface area contributed by atoms with Gasteiger partial charge in [0.15, 0.2) is 0 Å². The highest BCUT2D eigenvalue weighted by atomic mass is 35.5. The van der Waals surface area contributed by atoms with E-state index in [9.17, 15) is 0 Å². The molecule has 1 rings (SSSR count). The van der Waals surface area contributed by atoms with Crippen LogP contribution in [0.15, 0.2) is 0 Å². The SMILES string of the molecule is C[C@H](N)B1OC(C)(C)C(C)(C)O1.Cl. The van der Waals surface area contributed by atoms with Crippen molar-refractivity contribution < 1.29 is 9.31 Å². The quantitative estimate of drug-likeness (QED) is 0.661. The molecule has 0 spiro atoms. The van der Waals surface area contributed by atoms with Crippen molar-refractivity contribution in [3.63, 3.8) is 0 Å². The molecule has 0 unspecified atom stereocenters. The van der Waals surface area contributed by atoms with Crippen molar-refractivity contribution in [3.8, 4) is 0 Å². The average molecular weight is 208 g/mol. The van der Waals surface area contributed by atoms with Crippen molar-refractivity contribution in [1.29, 1.82) is 0 Å². The summed E-state index contributed by atoms with van der Waals surface area (Å²) in [6.07, 6.45) is 0. The Bertz CT molecular complexity index is 169. The van der Waals surface area contributed by atoms with Crippen LogP contribution in [0.25, 0.3) is 0 Å². The topological polar surface area (TPSA) is 44.5 Å². The first-order valence-electron chi connectivity index (χ1n) is 4.37. The molecule has 78 valence electrons. The molecule has 1 fully saturated rings. The zero-order valence-electron chi connectivity index (χ0n) is 8.96. The molecule has 1 saturated heterocycles. The fourth-order valence-electron chi connectivity index (χ4n) is 1.10. The fourth-order valence-corrected chi connectivity index (χ4v) is 1.10. The van der Waals surface area contributed by atoms with Crippen molar-refractivity contribution in [2.45, 2.75) is 51.8 Å². The molecule has 0 amide bonds. The van der Waals surface area contributed by atoms with Crippen molar-refractivity contribution in [3.05, 3.63) is 0 Å². The highest BCUT2D eigenvalue weighted by Gasteiger charge is 2.52. The van der Waals surface area contributed by atoms with Gasteiger partial charge in [0, 0.05) is 5.94 Å². The Balaban J connectivity index is 0.00000144. The first kappa shape index (κ1) is 13.2. The predicted octanol–water partition coefficient (Wildman–Crippen LogP) is 1.39. The van der Waals surface area contributed by atoms with E-state index in [2.05, 4.69) is 0 Å². The Morgan fingerprint density at radius 3 is 1.54 bits per heavy atom. The Kier molecular flexibility index (Phi) is 3.84. The van der Waals surface area contributed by atoms with Gasteiger partial charge in [0.05, 0.1) is 11.2 Å². The van der Waals surface area contributed by atoms with Crippen LogP contribution in [0.1, 0.15) is 34.6 Å². The molecule has 1 aliphatic rings. The number of rotatable bonds is 1. The van der Waals surface area contributed by atoms with E-state index in [0.717, 1.165) is 0 Å². The van der Waals surface area contributed by atoms with Gasteiger partial charge in [-0.1, -0.05) is 6.92 Å². The van der Waals surface area contributed by atoms with Gasteiger partial charge in [-0.25, -0.2) is 0 Å². The van der Waals surface area contributed by atoms with Crippen molar-refractivity contribution in [2.24, 2.45) is 5.73 Å². The van der Waals surface area contributed by atoms with Crippen LogP contribution < -0.4 is 5.73 Å². The average Bonchev–Trinajstić information content (AvgIpc) is 2.03. The van der Waals surface area contributed by atoms with Crippen LogP contribution in [0.5, 0.6) is 0 Å². The smallest absolute Gasteiger partial charge is 0.402 e. The molecule has 2 N–H and O–H groups in total. The Labute approximate surface area is 86.9 Å². The van der Waals surface area contributed by atoms with Gasteiger partial charge < -0.3 is 15.0 Å². The van der Waals surface area contributed by atoms with Crippen molar-refractivity contribution in [2.75, 3.05) is 0 Å². The van der Waals surface area contributed by atoms with Crippen LogP contribution >= 0.6 is 12.4 Å². The van der Waals surface area contributed by atoms with E-state index in [-0.39, 0.29) is 36.7 Å². The lowest BCUT2D eigenvalue weighted by Gasteiger charge is -2.32. The van der Waals surface area contributed by atoms with Gasteiger partial charge in [-0.3, -0.25) is 0 Å². The lowest BCUT2D eigenvalue weighted by Crippen LogP contribution is -2.41. The van der Waals surface area contributed by atoms with Crippen LogP contribution in [0.2, 0.25) is 0 Å². The number of halogens is 1. The number of hydrogen-bond acceptors (Lipinski definition) is 3. The molecular weight excluding hydrogens is 188 g/mol. The minimum absolute atomic E-state index is 0. The molecule has 13 heavy (non-hydrogen) atoms. The minimum atomic E-state index is -0.269. The molecule has 1 atom stereocenters. The van der Waals surface area contributed by atoms with Gasteiger partial charge in [0.1, 0.15) is 0 Å². The maximum absolute atomic E-state index is 5.69. The van der Waals surface area contributed by atoms with E-state index in [1.807, 2.05) is 34.6 Å². The monoisotopic (exact) mass is 207 g/mol. The van der Waals surface area contributed by atoms with Gasteiger partial charge in [-0.15, -0.1) is 12.4 Å². The summed E-state index contributed by atoms with van der Waals surface area (Å²) in [5.74, 6) is -0.0777. The van der Waals surface area contributed by atoms with Crippen molar-refractivity contribution >= 4 is 19.5 Å². The predicted molar refractivity (Wildman–Crippen MR) is 57.0 cm³/mol. The summed E-state index contributed by atoms with van der Waals surface area (Å²) in [6, 6.07) is 0. The summed E-state index contributed by atoms with van der Waals surface area (Å²) >= 11 is 0. The van der Waals surface area contributed by atoms with Crippen LogP contribution in [-0.4, -0.2) is 24.3 Å². The van der Waals surface area contributed by atoms with E-state index in [1.165, 1.54) is 0 Å².